The molecule has 3 amide bonds. The second kappa shape index (κ2) is 14.0. The van der Waals surface area contributed by atoms with Crippen LogP contribution in [0.15, 0.2) is 28.9 Å². The number of halogens is 1. The number of H-pyrrole nitrogens is 1. The van der Waals surface area contributed by atoms with Crippen LogP contribution in [0, 0.1) is 17.8 Å². The number of aromatic nitrogens is 1. The molecule has 3 fully saturated rings. The summed E-state index contributed by atoms with van der Waals surface area (Å²) in [5.74, 6) is -4.01. The molecule has 4 aliphatic heterocycles. The van der Waals surface area contributed by atoms with Crippen molar-refractivity contribution in [2.24, 2.45) is 17.8 Å². The maximum Gasteiger partial charge on any atom is 0.281 e. The lowest BCUT2D eigenvalue weighted by molar-refractivity contribution is -0.322. The van der Waals surface area contributed by atoms with E-state index in [1.54, 1.807) is 18.7 Å². The molecule has 1 aliphatic carbocycles. The lowest BCUT2D eigenvalue weighted by Crippen LogP contribution is -2.71. The fraction of sp³-hybridized carbons (Fsp3) is 0.595. The van der Waals surface area contributed by atoms with Crippen LogP contribution in [0.1, 0.15) is 77.3 Å². The van der Waals surface area contributed by atoms with Crippen LogP contribution < -0.4 is 5.32 Å². The Morgan fingerprint density at radius 3 is 2.56 bits per heavy atom. The van der Waals surface area contributed by atoms with Crippen LogP contribution in [0.5, 0.6) is 0 Å². The van der Waals surface area contributed by atoms with Crippen LogP contribution in [-0.2, 0) is 35.1 Å². The summed E-state index contributed by atoms with van der Waals surface area (Å²) in [7, 11) is 2.03. The molecular weight excluding hydrogens is 706 g/mol. The SMILES string of the molecule is CC(C)C[C@H]1C(=O)N2CCC[C@H]2[C@]2(O)O[C@](NC(=O)[C@@H]3C=C4c5cccc6[nH]c(Br)c(c56)C[C@H]4N(C)C3)(C(C)C)C(=O)N12.O=CCCCC=O. The van der Waals surface area contributed by atoms with Crippen molar-refractivity contribution in [3.8, 4) is 0 Å². The van der Waals surface area contributed by atoms with Crippen molar-refractivity contribution in [3.05, 3.63) is 40.0 Å². The summed E-state index contributed by atoms with van der Waals surface area (Å²) in [5, 5.41) is 16.3. The molecule has 3 saturated heterocycles. The van der Waals surface area contributed by atoms with Gasteiger partial charge in [0.05, 0.1) is 10.5 Å². The highest BCUT2D eigenvalue weighted by Crippen LogP contribution is 2.49. The van der Waals surface area contributed by atoms with Crippen LogP contribution in [0.3, 0.4) is 0 Å². The number of nitrogens with one attached hydrogen (secondary N) is 2. The zero-order valence-corrected chi connectivity index (χ0v) is 31.0. The maximum absolute atomic E-state index is 14.4. The zero-order valence-electron chi connectivity index (χ0n) is 29.4. The predicted octanol–water partition coefficient (Wildman–Crippen LogP) is 3.75. The molecule has 1 aromatic carbocycles. The summed E-state index contributed by atoms with van der Waals surface area (Å²) in [6, 6.07) is 4.76. The third kappa shape index (κ3) is 5.93. The van der Waals surface area contributed by atoms with E-state index in [2.05, 4.69) is 43.3 Å². The van der Waals surface area contributed by atoms with Gasteiger partial charge >= 0.3 is 0 Å². The van der Waals surface area contributed by atoms with Crippen LogP contribution in [-0.4, -0.2) is 105 Å². The molecule has 0 spiro atoms. The molecule has 5 heterocycles. The van der Waals surface area contributed by atoms with Gasteiger partial charge in [-0.25, -0.2) is 0 Å². The Hall–Kier alpha value is -3.39. The third-order valence-corrected chi connectivity index (χ3v) is 11.6. The van der Waals surface area contributed by atoms with Crippen molar-refractivity contribution >= 4 is 62.7 Å². The topological polar surface area (TPSA) is 152 Å². The highest BCUT2D eigenvalue weighted by atomic mass is 79.9. The molecule has 2 aromatic rings. The van der Waals surface area contributed by atoms with Gasteiger partial charge in [0.15, 0.2) is 0 Å². The number of aromatic amines is 1. The van der Waals surface area contributed by atoms with Gasteiger partial charge in [-0.15, -0.1) is 0 Å². The molecule has 0 unspecified atom stereocenters. The Morgan fingerprint density at radius 2 is 1.90 bits per heavy atom. The van der Waals surface area contributed by atoms with Gasteiger partial charge in [0.25, 0.3) is 11.8 Å². The summed E-state index contributed by atoms with van der Waals surface area (Å²) >= 11 is 3.70. The average molecular weight is 755 g/mol. The summed E-state index contributed by atoms with van der Waals surface area (Å²) in [5.41, 5.74) is 2.68. The van der Waals surface area contributed by atoms with E-state index in [4.69, 9.17) is 4.74 Å². The number of nitrogens with zero attached hydrogens (tertiary/aromatic N) is 3. The first-order chi connectivity index (χ1) is 23.8. The molecule has 7 rings (SSSR count). The largest absolute Gasteiger partial charge is 0.349 e. The summed E-state index contributed by atoms with van der Waals surface area (Å²) in [6.45, 7) is 8.57. The van der Waals surface area contributed by atoms with Crippen molar-refractivity contribution in [3.63, 3.8) is 0 Å². The van der Waals surface area contributed by atoms with Crippen LogP contribution in [0.4, 0.5) is 0 Å². The van der Waals surface area contributed by atoms with Gasteiger partial charge in [-0.05, 0) is 83.8 Å². The molecule has 6 atom stereocenters. The summed E-state index contributed by atoms with van der Waals surface area (Å²) < 4.78 is 7.43. The molecule has 3 N–H and O–H groups in total. The predicted molar refractivity (Wildman–Crippen MR) is 190 cm³/mol. The Labute approximate surface area is 301 Å². The minimum atomic E-state index is -2.01. The minimum absolute atomic E-state index is 0.104. The van der Waals surface area contributed by atoms with Crippen LogP contribution in [0.2, 0.25) is 0 Å². The molecule has 0 saturated carbocycles. The number of hydrogen-bond donors (Lipinski definition) is 3. The zero-order chi connectivity index (χ0) is 36.1. The number of rotatable bonds is 9. The van der Waals surface area contributed by atoms with Gasteiger partial charge in [-0.1, -0.05) is 45.9 Å². The van der Waals surface area contributed by atoms with E-state index < -0.39 is 41.5 Å². The van der Waals surface area contributed by atoms with E-state index in [-0.39, 0.29) is 23.8 Å². The fourth-order valence-electron chi connectivity index (χ4n) is 8.43. The van der Waals surface area contributed by atoms with Crippen molar-refractivity contribution in [1.29, 1.82) is 0 Å². The number of unbranched alkanes of at least 4 members (excludes halogenated alkanes) is 2. The molecule has 1 aromatic heterocycles. The lowest BCUT2D eigenvalue weighted by Gasteiger charge is -2.49. The highest BCUT2D eigenvalue weighted by Gasteiger charge is 2.72. The van der Waals surface area contributed by atoms with E-state index in [0.29, 0.717) is 45.2 Å². The first kappa shape index (κ1) is 36.4. The number of ether oxygens (including phenoxy) is 1. The number of benzene rings is 1. The monoisotopic (exact) mass is 753 g/mol. The smallest absolute Gasteiger partial charge is 0.281 e. The summed E-state index contributed by atoms with van der Waals surface area (Å²) in [4.78, 5) is 69.9. The van der Waals surface area contributed by atoms with Gasteiger partial charge in [0.2, 0.25) is 17.5 Å². The molecule has 0 radical (unpaired) electrons. The van der Waals surface area contributed by atoms with E-state index in [9.17, 15) is 29.1 Å². The highest BCUT2D eigenvalue weighted by molar-refractivity contribution is 9.10. The molecule has 0 bridgehead atoms. The Bertz CT molecular complexity index is 1710. The van der Waals surface area contributed by atoms with Crippen molar-refractivity contribution < 1.29 is 33.8 Å². The number of aldehydes is 2. The first-order valence-corrected chi connectivity index (χ1v) is 18.6. The average Bonchev–Trinajstić information content (AvgIpc) is 3.75. The molecular formula is C37H48BrN5O7. The number of carbonyl (C=O) groups is 5. The van der Waals surface area contributed by atoms with Gasteiger partial charge < -0.3 is 29.9 Å². The number of carbonyl (C=O) groups excluding carboxylic acids is 5. The van der Waals surface area contributed by atoms with Crippen molar-refractivity contribution in [2.75, 3.05) is 20.1 Å². The standard InChI is InChI=1S/C32H40BrN5O5.C5H8O2/c1-16(2)12-24-29(40)37-11-7-10-25(37)32(42)38(24)30(41)31(43-32,17(3)4)35-28(39)18-13-20-19-8-6-9-22-26(19)21(27(33)34-22)14-23(20)36(5)15-18;6-4-2-1-3-5-7/h6,8-9,13,16-18,23-25,34,42H,7,10-12,14-15H2,1-5H3,(H,35,39);4-5H,1-3H2/t18-,23-,24+,25+,31-,32+;/m1./s1. The summed E-state index contributed by atoms with van der Waals surface area (Å²) in [6.07, 6.45) is 7.86. The first-order valence-electron chi connectivity index (χ1n) is 17.8. The number of aliphatic hydroxyl groups is 1. The second-order valence-corrected chi connectivity index (χ2v) is 15.7. The van der Waals surface area contributed by atoms with Crippen LogP contribution in [0.25, 0.3) is 16.5 Å². The lowest BCUT2D eigenvalue weighted by atomic mass is 9.79. The Morgan fingerprint density at radius 1 is 1.18 bits per heavy atom. The Kier molecular flexibility index (Phi) is 10.2. The van der Waals surface area contributed by atoms with Gasteiger partial charge in [0, 0.05) is 48.8 Å². The van der Waals surface area contributed by atoms with E-state index in [1.165, 1.54) is 15.8 Å². The van der Waals surface area contributed by atoms with Crippen molar-refractivity contribution in [2.45, 2.75) is 102 Å². The molecule has 13 heteroatoms. The Balaban J connectivity index is 0.000000561. The quantitative estimate of drug-likeness (QED) is 0.259. The molecule has 12 nitrogen and oxygen atoms in total. The number of hydrogen-bond acceptors (Lipinski definition) is 8. The number of amides is 3. The van der Waals surface area contributed by atoms with E-state index >= 15 is 0 Å². The number of fused-ring (bicyclic) bond motifs is 5. The second-order valence-electron chi connectivity index (χ2n) is 14.9. The third-order valence-electron chi connectivity index (χ3n) is 10.9. The van der Waals surface area contributed by atoms with Gasteiger partial charge in [0.1, 0.15) is 24.7 Å². The van der Waals surface area contributed by atoms with Crippen LogP contribution >= 0.6 is 15.9 Å². The van der Waals surface area contributed by atoms with E-state index in [0.717, 1.165) is 46.7 Å². The molecule has 5 aliphatic rings. The van der Waals surface area contributed by atoms with Crippen molar-refractivity contribution in [1.82, 2.24) is 25.0 Å². The van der Waals surface area contributed by atoms with Gasteiger partial charge in [-0.3, -0.25) is 28.9 Å². The normalized spacial score (nSPS) is 30.1. The van der Waals surface area contributed by atoms with Gasteiger partial charge in [-0.2, -0.15) is 0 Å². The molecule has 50 heavy (non-hydrogen) atoms. The minimum Gasteiger partial charge on any atom is -0.349 e. The number of likely N-dealkylation sites (N-methyl/N-ethyl adjacent to an activating group) is 1. The number of piperazine rings is 1. The molecule has 270 valence electrons. The fourth-order valence-corrected chi connectivity index (χ4v) is 9.01. The van der Waals surface area contributed by atoms with E-state index in [1.807, 2.05) is 33.0 Å². The maximum atomic E-state index is 14.4.